The first kappa shape index (κ1) is 14.7. The molecule has 0 unspecified atom stereocenters. The second kappa shape index (κ2) is 6.16. The molecule has 0 amide bonds. The Morgan fingerprint density at radius 1 is 1.25 bits per heavy atom. The summed E-state index contributed by atoms with van der Waals surface area (Å²) in [5, 5.41) is 0. The molecular weight excluding hydrogens is 259 g/mol. The third-order valence-corrected chi connectivity index (χ3v) is 3.89. The van der Waals surface area contributed by atoms with E-state index >= 15 is 0 Å². The van der Waals surface area contributed by atoms with Gasteiger partial charge in [-0.1, -0.05) is 19.1 Å². The van der Waals surface area contributed by atoms with Crippen LogP contribution in [0.25, 0.3) is 0 Å². The van der Waals surface area contributed by atoms with Crippen molar-refractivity contribution in [2.24, 2.45) is 0 Å². The quantitative estimate of drug-likeness (QED) is 0.795. The second-order valence-corrected chi connectivity index (χ2v) is 5.26. The van der Waals surface area contributed by atoms with Gasteiger partial charge in [-0.25, -0.2) is 4.39 Å². The van der Waals surface area contributed by atoms with E-state index in [1.807, 2.05) is 6.92 Å². The van der Waals surface area contributed by atoms with Gasteiger partial charge in [0.2, 0.25) is 0 Å². The van der Waals surface area contributed by atoms with Crippen LogP contribution in [0.5, 0.6) is 0 Å². The zero-order valence-corrected chi connectivity index (χ0v) is 11.7. The van der Waals surface area contributed by atoms with Gasteiger partial charge < -0.3 is 4.74 Å². The minimum absolute atomic E-state index is 0.172. The van der Waals surface area contributed by atoms with E-state index in [1.54, 1.807) is 12.1 Å². The number of carbonyl (C=O) groups excluding carboxylic acids is 2. The largest absolute Gasteiger partial charge is 0.465 e. The number of benzene rings is 1. The van der Waals surface area contributed by atoms with Crippen LogP contribution in [-0.4, -0.2) is 18.4 Å². The molecule has 0 saturated heterocycles. The molecule has 4 heteroatoms. The highest BCUT2D eigenvalue weighted by Gasteiger charge is 2.44. The molecule has 1 fully saturated rings. The lowest BCUT2D eigenvalue weighted by atomic mass is 9.69. The molecule has 0 aromatic heterocycles. The molecule has 1 aliphatic carbocycles. The summed E-state index contributed by atoms with van der Waals surface area (Å²) in [4.78, 5) is 23.9. The van der Waals surface area contributed by atoms with E-state index in [0.29, 0.717) is 32.3 Å². The van der Waals surface area contributed by atoms with Crippen LogP contribution < -0.4 is 0 Å². The van der Waals surface area contributed by atoms with Gasteiger partial charge in [-0.15, -0.1) is 0 Å². The monoisotopic (exact) mass is 278 g/mol. The first-order valence-electron chi connectivity index (χ1n) is 7.03. The van der Waals surface area contributed by atoms with E-state index in [2.05, 4.69) is 0 Å². The predicted octanol–water partition coefficient (Wildman–Crippen LogP) is 3.16. The van der Waals surface area contributed by atoms with Crippen LogP contribution in [0.15, 0.2) is 24.3 Å². The Bertz CT molecular complexity index is 483. The lowest BCUT2D eigenvalue weighted by Gasteiger charge is -2.34. The fourth-order valence-corrected chi connectivity index (χ4v) is 2.67. The number of Topliss-reactive ketones (excluding diaryl/α,β-unsaturated/α-hetero) is 1. The van der Waals surface area contributed by atoms with Gasteiger partial charge in [0.05, 0.1) is 12.0 Å². The summed E-state index contributed by atoms with van der Waals surface area (Å²) in [7, 11) is 0. The van der Waals surface area contributed by atoms with Gasteiger partial charge in [-0.3, -0.25) is 9.59 Å². The molecule has 0 aliphatic heterocycles. The van der Waals surface area contributed by atoms with Crippen molar-refractivity contribution < 1.29 is 18.7 Å². The Hall–Kier alpha value is -1.71. The van der Waals surface area contributed by atoms with E-state index in [-0.39, 0.29) is 17.6 Å². The molecule has 108 valence electrons. The van der Waals surface area contributed by atoms with E-state index in [4.69, 9.17) is 4.74 Å². The first-order valence-corrected chi connectivity index (χ1v) is 7.03. The van der Waals surface area contributed by atoms with Crippen LogP contribution in [0.2, 0.25) is 0 Å². The normalized spacial score (nSPS) is 17.8. The summed E-state index contributed by atoms with van der Waals surface area (Å²) < 4.78 is 18.4. The number of hydrogen-bond donors (Lipinski definition) is 0. The molecule has 1 saturated carbocycles. The first-order chi connectivity index (χ1) is 9.58. The highest BCUT2D eigenvalue weighted by Crippen LogP contribution is 2.39. The molecule has 1 aromatic carbocycles. The van der Waals surface area contributed by atoms with Crippen LogP contribution in [0.4, 0.5) is 4.39 Å². The Kier molecular flexibility index (Phi) is 4.53. The Morgan fingerprint density at radius 2 is 1.85 bits per heavy atom. The molecule has 0 bridgehead atoms. The Morgan fingerprint density at radius 3 is 2.40 bits per heavy atom. The van der Waals surface area contributed by atoms with Crippen LogP contribution in [0.1, 0.15) is 44.6 Å². The Labute approximate surface area is 118 Å². The van der Waals surface area contributed by atoms with Crippen LogP contribution >= 0.6 is 0 Å². The number of carbonyl (C=O) groups is 2. The number of ether oxygens (including phenoxy) is 1. The standard InChI is InChI=1S/C16H19FO3/c1-2-11-20-15(19)16(9-7-14(18)8-10-16)12-3-5-13(17)6-4-12/h3-6H,2,7-11H2,1H3. The van der Waals surface area contributed by atoms with Gasteiger partial charge >= 0.3 is 5.97 Å². The summed E-state index contributed by atoms with van der Waals surface area (Å²) in [6.07, 6.45) is 2.39. The molecule has 1 aromatic rings. The van der Waals surface area contributed by atoms with Crippen molar-refractivity contribution in [3.8, 4) is 0 Å². The van der Waals surface area contributed by atoms with Crippen molar-refractivity contribution in [2.45, 2.75) is 44.4 Å². The van der Waals surface area contributed by atoms with Gasteiger partial charge in [-0.05, 0) is 37.0 Å². The van der Waals surface area contributed by atoms with Crippen LogP contribution in [0, 0.1) is 5.82 Å². The third-order valence-electron chi connectivity index (χ3n) is 3.89. The average molecular weight is 278 g/mol. The lowest BCUT2D eigenvalue weighted by molar-refractivity contribution is -0.152. The number of esters is 1. The number of ketones is 1. The molecule has 2 rings (SSSR count). The van der Waals surface area contributed by atoms with E-state index in [0.717, 1.165) is 12.0 Å². The van der Waals surface area contributed by atoms with Gasteiger partial charge in [0, 0.05) is 12.8 Å². The number of rotatable bonds is 4. The third kappa shape index (κ3) is 2.89. The predicted molar refractivity (Wildman–Crippen MR) is 72.8 cm³/mol. The van der Waals surface area contributed by atoms with E-state index in [9.17, 15) is 14.0 Å². The smallest absolute Gasteiger partial charge is 0.316 e. The van der Waals surface area contributed by atoms with Crippen LogP contribution in [-0.2, 0) is 19.7 Å². The fraction of sp³-hybridized carbons (Fsp3) is 0.500. The molecule has 0 spiro atoms. The molecule has 0 radical (unpaired) electrons. The SMILES string of the molecule is CCCOC(=O)C1(c2ccc(F)cc2)CCC(=O)CC1. The number of halogens is 1. The van der Waals surface area contributed by atoms with E-state index < -0.39 is 5.41 Å². The fourth-order valence-electron chi connectivity index (χ4n) is 2.67. The van der Waals surface area contributed by atoms with Crippen molar-refractivity contribution in [1.29, 1.82) is 0 Å². The van der Waals surface area contributed by atoms with E-state index in [1.165, 1.54) is 12.1 Å². The van der Waals surface area contributed by atoms with Crippen molar-refractivity contribution in [1.82, 2.24) is 0 Å². The topological polar surface area (TPSA) is 43.4 Å². The molecule has 3 nitrogen and oxygen atoms in total. The maximum Gasteiger partial charge on any atom is 0.316 e. The maximum absolute atomic E-state index is 13.1. The highest BCUT2D eigenvalue weighted by atomic mass is 19.1. The average Bonchev–Trinajstić information content (AvgIpc) is 2.47. The molecule has 0 heterocycles. The molecule has 20 heavy (non-hydrogen) atoms. The van der Waals surface area contributed by atoms with Gasteiger partial charge in [-0.2, -0.15) is 0 Å². The van der Waals surface area contributed by atoms with Gasteiger partial charge in [0.1, 0.15) is 11.6 Å². The van der Waals surface area contributed by atoms with Crippen molar-refractivity contribution in [2.75, 3.05) is 6.61 Å². The number of hydrogen-bond acceptors (Lipinski definition) is 3. The summed E-state index contributed by atoms with van der Waals surface area (Å²) in [5.41, 5.74) is -0.0518. The van der Waals surface area contributed by atoms with Gasteiger partial charge in [0.15, 0.2) is 0 Å². The Balaban J connectivity index is 2.31. The molecular formula is C16H19FO3. The summed E-state index contributed by atoms with van der Waals surface area (Å²) in [6.45, 7) is 2.30. The van der Waals surface area contributed by atoms with Crippen molar-refractivity contribution in [3.05, 3.63) is 35.6 Å². The lowest BCUT2D eigenvalue weighted by Crippen LogP contribution is -2.41. The molecule has 0 atom stereocenters. The van der Waals surface area contributed by atoms with Gasteiger partial charge in [0.25, 0.3) is 0 Å². The highest BCUT2D eigenvalue weighted by molar-refractivity contribution is 5.88. The molecule has 1 aliphatic rings. The summed E-state index contributed by atoms with van der Waals surface area (Å²) in [6, 6.07) is 5.94. The van der Waals surface area contributed by atoms with Crippen molar-refractivity contribution in [3.63, 3.8) is 0 Å². The molecule has 0 N–H and O–H groups in total. The second-order valence-electron chi connectivity index (χ2n) is 5.26. The van der Waals surface area contributed by atoms with Crippen LogP contribution in [0.3, 0.4) is 0 Å². The minimum Gasteiger partial charge on any atom is -0.465 e. The summed E-state index contributed by atoms with van der Waals surface area (Å²) in [5.74, 6) is -0.456. The zero-order valence-electron chi connectivity index (χ0n) is 11.7. The minimum atomic E-state index is -0.795. The van der Waals surface area contributed by atoms with Crippen molar-refractivity contribution >= 4 is 11.8 Å². The zero-order chi connectivity index (χ0) is 14.6. The summed E-state index contributed by atoms with van der Waals surface area (Å²) >= 11 is 0. The maximum atomic E-state index is 13.1.